The van der Waals surface area contributed by atoms with Gasteiger partial charge in [-0.3, -0.25) is 4.79 Å². The quantitative estimate of drug-likeness (QED) is 0.748. The van der Waals surface area contributed by atoms with Gasteiger partial charge in [-0.25, -0.2) is 0 Å². The maximum atomic E-state index is 11.5. The lowest BCUT2D eigenvalue weighted by atomic mass is 10.00. The van der Waals surface area contributed by atoms with Crippen molar-refractivity contribution in [1.82, 2.24) is 0 Å². The van der Waals surface area contributed by atoms with Crippen molar-refractivity contribution in [1.29, 1.82) is 0 Å². The van der Waals surface area contributed by atoms with Gasteiger partial charge in [0.1, 0.15) is 11.5 Å². The highest BCUT2D eigenvalue weighted by Crippen LogP contribution is 2.32. The molecular weight excluding hydrogens is 192 g/mol. The molecule has 82 valence electrons. The molecule has 0 fully saturated rings. The van der Waals surface area contributed by atoms with Gasteiger partial charge in [-0.05, 0) is 18.6 Å². The van der Waals surface area contributed by atoms with Crippen molar-refractivity contribution in [2.75, 3.05) is 0 Å². The maximum absolute atomic E-state index is 11.5. The van der Waals surface area contributed by atoms with Crippen LogP contribution in [0.1, 0.15) is 42.6 Å². The molecule has 0 bridgehead atoms. The summed E-state index contributed by atoms with van der Waals surface area (Å²) in [5, 5.41) is 19.4. The molecule has 0 atom stereocenters. The smallest absolute Gasteiger partial charge is 0.166 e. The maximum Gasteiger partial charge on any atom is 0.166 e. The fourth-order valence-electron chi connectivity index (χ4n) is 1.54. The van der Waals surface area contributed by atoms with E-state index in [2.05, 4.69) is 0 Å². The molecule has 0 aliphatic rings. The van der Waals surface area contributed by atoms with E-state index >= 15 is 0 Å². The summed E-state index contributed by atoms with van der Waals surface area (Å²) >= 11 is 0. The Morgan fingerprint density at radius 1 is 1.27 bits per heavy atom. The molecular formula is C12H16O3. The first-order valence-corrected chi connectivity index (χ1v) is 5.18. The molecule has 0 aliphatic carbocycles. The molecule has 3 heteroatoms. The standard InChI is InChI=1S/C12H16O3/c1-3-5-8-11(14)7-6-9(12(8)15)10(13)4-2/h6-7,14-15H,3-5H2,1-2H3. The van der Waals surface area contributed by atoms with Crippen molar-refractivity contribution in [2.45, 2.75) is 33.1 Å². The van der Waals surface area contributed by atoms with E-state index < -0.39 is 0 Å². The van der Waals surface area contributed by atoms with Crippen LogP contribution in [0.3, 0.4) is 0 Å². The monoisotopic (exact) mass is 208 g/mol. The topological polar surface area (TPSA) is 57.5 Å². The Balaban J connectivity index is 3.21. The number of rotatable bonds is 4. The number of hydrogen-bond acceptors (Lipinski definition) is 3. The molecule has 0 aliphatic heterocycles. The summed E-state index contributed by atoms with van der Waals surface area (Å²) in [6.07, 6.45) is 1.73. The number of carbonyl (C=O) groups excluding carboxylic acids is 1. The van der Waals surface area contributed by atoms with E-state index in [1.165, 1.54) is 12.1 Å². The van der Waals surface area contributed by atoms with E-state index in [-0.39, 0.29) is 17.3 Å². The van der Waals surface area contributed by atoms with Crippen molar-refractivity contribution in [3.63, 3.8) is 0 Å². The van der Waals surface area contributed by atoms with Crippen LogP contribution in [-0.4, -0.2) is 16.0 Å². The molecule has 3 nitrogen and oxygen atoms in total. The minimum atomic E-state index is -0.107. The molecule has 0 unspecified atom stereocenters. The van der Waals surface area contributed by atoms with E-state index in [0.29, 0.717) is 24.0 Å². The van der Waals surface area contributed by atoms with Crippen molar-refractivity contribution < 1.29 is 15.0 Å². The summed E-state index contributed by atoms with van der Waals surface area (Å²) in [5.74, 6) is -0.115. The highest BCUT2D eigenvalue weighted by molar-refractivity contribution is 5.99. The SMILES string of the molecule is CCCc1c(O)ccc(C(=O)CC)c1O. The average molecular weight is 208 g/mol. The predicted molar refractivity (Wildman–Crippen MR) is 58.4 cm³/mol. The van der Waals surface area contributed by atoms with E-state index in [4.69, 9.17) is 0 Å². The van der Waals surface area contributed by atoms with Gasteiger partial charge in [0.05, 0.1) is 5.56 Å². The molecule has 1 rings (SSSR count). The zero-order chi connectivity index (χ0) is 11.4. The largest absolute Gasteiger partial charge is 0.508 e. The van der Waals surface area contributed by atoms with Crippen LogP contribution < -0.4 is 0 Å². The van der Waals surface area contributed by atoms with Gasteiger partial charge in [0, 0.05) is 12.0 Å². The number of hydrogen-bond donors (Lipinski definition) is 2. The second kappa shape index (κ2) is 4.82. The molecule has 1 aromatic carbocycles. The zero-order valence-electron chi connectivity index (χ0n) is 9.08. The lowest BCUT2D eigenvalue weighted by Gasteiger charge is -2.09. The lowest BCUT2D eigenvalue weighted by Crippen LogP contribution is -1.99. The number of benzene rings is 1. The summed E-state index contributed by atoms with van der Waals surface area (Å²) in [4.78, 5) is 11.5. The summed E-state index contributed by atoms with van der Waals surface area (Å²) in [6.45, 7) is 3.70. The number of Topliss-reactive ketones (excluding diaryl/α,β-unsaturated/α-hetero) is 1. The third-order valence-corrected chi connectivity index (χ3v) is 2.38. The Morgan fingerprint density at radius 2 is 1.93 bits per heavy atom. The number of ketones is 1. The van der Waals surface area contributed by atoms with Crippen LogP contribution in [0.4, 0.5) is 0 Å². The van der Waals surface area contributed by atoms with E-state index in [9.17, 15) is 15.0 Å². The Hall–Kier alpha value is -1.51. The van der Waals surface area contributed by atoms with Crippen molar-refractivity contribution in [3.8, 4) is 11.5 Å². The van der Waals surface area contributed by atoms with Crippen molar-refractivity contribution >= 4 is 5.78 Å². The lowest BCUT2D eigenvalue weighted by molar-refractivity contribution is 0.0985. The molecule has 0 saturated heterocycles. The fraction of sp³-hybridized carbons (Fsp3) is 0.417. The Labute approximate surface area is 89.4 Å². The zero-order valence-corrected chi connectivity index (χ0v) is 9.08. The van der Waals surface area contributed by atoms with Gasteiger partial charge in [0.25, 0.3) is 0 Å². The van der Waals surface area contributed by atoms with Gasteiger partial charge >= 0.3 is 0 Å². The van der Waals surface area contributed by atoms with Gasteiger partial charge < -0.3 is 10.2 Å². The number of phenols is 2. The molecule has 0 aromatic heterocycles. The molecule has 1 aromatic rings. The Kier molecular flexibility index (Phi) is 3.72. The molecule has 0 saturated carbocycles. The predicted octanol–water partition coefficient (Wildman–Crippen LogP) is 2.64. The summed E-state index contributed by atoms with van der Waals surface area (Å²) in [7, 11) is 0. The van der Waals surface area contributed by atoms with Crippen LogP contribution in [0, 0.1) is 0 Å². The number of carbonyl (C=O) groups is 1. The Bertz CT molecular complexity index is 369. The van der Waals surface area contributed by atoms with Gasteiger partial charge in [-0.2, -0.15) is 0 Å². The molecule has 15 heavy (non-hydrogen) atoms. The van der Waals surface area contributed by atoms with Gasteiger partial charge in [-0.1, -0.05) is 20.3 Å². The highest BCUT2D eigenvalue weighted by atomic mass is 16.3. The second-order valence-electron chi connectivity index (χ2n) is 3.49. The van der Waals surface area contributed by atoms with E-state index in [1.807, 2.05) is 6.92 Å². The average Bonchev–Trinajstić information content (AvgIpc) is 2.23. The highest BCUT2D eigenvalue weighted by Gasteiger charge is 2.15. The first-order chi connectivity index (χ1) is 7.11. The van der Waals surface area contributed by atoms with Gasteiger partial charge in [-0.15, -0.1) is 0 Å². The minimum absolute atomic E-state index is 0.0574. The number of aromatic hydroxyl groups is 2. The Morgan fingerprint density at radius 3 is 2.47 bits per heavy atom. The number of phenolic OH excluding ortho intramolecular Hbond substituents is 2. The van der Waals surface area contributed by atoms with Crippen LogP contribution in [0.25, 0.3) is 0 Å². The third kappa shape index (κ3) is 2.29. The first kappa shape index (κ1) is 11.6. The fourth-order valence-corrected chi connectivity index (χ4v) is 1.54. The molecule has 0 amide bonds. The summed E-state index contributed by atoms with van der Waals surface area (Å²) in [5.41, 5.74) is 0.774. The van der Waals surface area contributed by atoms with Crippen LogP contribution in [0.15, 0.2) is 12.1 Å². The second-order valence-corrected chi connectivity index (χ2v) is 3.49. The minimum Gasteiger partial charge on any atom is -0.508 e. The molecule has 2 N–H and O–H groups in total. The van der Waals surface area contributed by atoms with Crippen LogP contribution in [-0.2, 0) is 6.42 Å². The van der Waals surface area contributed by atoms with Crippen molar-refractivity contribution in [3.05, 3.63) is 23.3 Å². The van der Waals surface area contributed by atoms with E-state index in [0.717, 1.165) is 6.42 Å². The van der Waals surface area contributed by atoms with Crippen LogP contribution >= 0.6 is 0 Å². The molecule has 0 heterocycles. The van der Waals surface area contributed by atoms with Crippen LogP contribution in [0.2, 0.25) is 0 Å². The molecule has 0 radical (unpaired) electrons. The van der Waals surface area contributed by atoms with Crippen molar-refractivity contribution in [2.24, 2.45) is 0 Å². The summed E-state index contributed by atoms with van der Waals surface area (Å²) < 4.78 is 0. The van der Waals surface area contributed by atoms with Crippen LogP contribution in [0.5, 0.6) is 11.5 Å². The van der Waals surface area contributed by atoms with E-state index in [1.54, 1.807) is 6.92 Å². The normalized spacial score (nSPS) is 10.3. The first-order valence-electron chi connectivity index (χ1n) is 5.18. The third-order valence-electron chi connectivity index (χ3n) is 2.38. The van der Waals surface area contributed by atoms with Gasteiger partial charge in [0.15, 0.2) is 5.78 Å². The molecule has 0 spiro atoms. The summed E-state index contributed by atoms with van der Waals surface area (Å²) in [6, 6.07) is 2.93. The van der Waals surface area contributed by atoms with Gasteiger partial charge in [0.2, 0.25) is 0 Å².